The van der Waals surface area contributed by atoms with Crippen LogP contribution in [0, 0.1) is 0 Å². The second-order valence-corrected chi connectivity index (χ2v) is 5.61. The first-order chi connectivity index (χ1) is 12.0. The first-order valence-corrected chi connectivity index (χ1v) is 7.95. The molecule has 0 spiro atoms. The van der Waals surface area contributed by atoms with Gasteiger partial charge in [0.15, 0.2) is 0 Å². The van der Waals surface area contributed by atoms with E-state index in [1.54, 1.807) is 0 Å². The van der Waals surface area contributed by atoms with Gasteiger partial charge in [0.1, 0.15) is 6.04 Å². The zero-order chi connectivity index (χ0) is 18.4. The lowest BCUT2D eigenvalue weighted by atomic mass is 10.1. The summed E-state index contributed by atoms with van der Waals surface area (Å²) in [5.74, 6) is -1.42. The van der Waals surface area contributed by atoms with E-state index in [1.165, 1.54) is 43.3 Å². The highest BCUT2D eigenvalue weighted by molar-refractivity contribution is 5.98. The van der Waals surface area contributed by atoms with Gasteiger partial charge in [-0.2, -0.15) is 0 Å². The van der Waals surface area contributed by atoms with Gasteiger partial charge in [-0.1, -0.05) is 0 Å². The lowest BCUT2D eigenvalue weighted by molar-refractivity contribution is -0.137. The van der Waals surface area contributed by atoms with Gasteiger partial charge < -0.3 is 20.3 Å². The normalized spacial score (nSPS) is 16.2. The number of benzene rings is 1. The van der Waals surface area contributed by atoms with Gasteiger partial charge >= 0.3 is 5.97 Å². The Balaban J connectivity index is 1.92. The standard InChI is InChI=1S/C17H21N3O5/c1-18-16(23)13-4-3-9-20(13)14(21)10-19-15(22)11-5-7-12(8-6-11)17(24)25-2/h5-8,13H,3-4,9-10H2,1-2H3,(H,18,23)(H,19,22)/t13-/m0/s1. The average molecular weight is 347 g/mol. The number of ether oxygens (including phenoxy) is 1. The molecule has 25 heavy (non-hydrogen) atoms. The molecule has 3 amide bonds. The maximum atomic E-state index is 12.3. The average Bonchev–Trinajstić information content (AvgIpc) is 3.14. The van der Waals surface area contributed by atoms with Gasteiger partial charge in [0, 0.05) is 19.2 Å². The Morgan fingerprint density at radius 1 is 1.16 bits per heavy atom. The van der Waals surface area contributed by atoms with E-state index < -0.39 is 17.9 Å². The minimum absolute atomic E-state index is 0.189. The van der Waals surface area contributed by atoms with Crippen molar-refractivity contribution in [2.75, 3.05) is 27.2 Å². The fraction of sp³-hybridized carbons (Fsp3) is 0.412. The molecule has 0 unspecified atom stereocenters. The predicted octanol–water partition coefficient (Wildman–Crippen LogP) is -0.0600. The summed E-state index contributed by atoms with van der Waals surface area (Å²) >= 11 is 0. The minimum atomic E-state index is -0.489. The van der Waals surface area contributed by atoms with Crippen LogP contribution in [0.5, 0.6) is 0 Å². The number of methoxy groups -OCH3 is 1. The first kappa shape index (κ1) is 18.4. The lowest BCUT2D eigenvalue weighted by Crippen LogP contribution is -2.48. The molecule has 1 aliphatic heterocycles. The highest BCUT2D eigenvalue weighted by atomic mass is 16.5. The Morgan fingerprint density at radius 2 is 1.80 bits per heavy atom. The Labute approximate surface area is 145 Å². The molecule has 1 heterocycles. The van der Waals surface area contributed by atoms with Crippen LogP contribution < -0.4 is 10.6 Å². The van der Waals surface area contributed by atoms with Crippen molar-refractivity contribution in [3.05, 3.63) is 35.4 Å². The Kier molecular flexibility index (Phi) is 6.10. The highest BCUT2D eigenvalue weighted by Crippen LogP contribution is 2.17. The largest absolute Gasteiger partial charge is 0.465 e. The van der Waals surface area contributed by atoms with Crippen LogP contribution in [-0.4, -0.2) is 61.9 Å². The van der Waals surface area contributed by atoms with Crippen LogP contribution in [0.3, 0.4) is 0 Å². The molecule has 134 valence electrons. The van der Waals surface area contributed by atoms with Crippen LogP contribution in [0.2, 0.25) is 0 Å². The summed E-state index contributed by atoms with van der Waals surface area (Å²) in [6.45, 7) is 0.311. The zero-order valence-corrected chi connectivity index (χ0v) is 14.2. The van der Waals surface area contributed by atoms with Crippen LogP contribution in [-0.2, 0) is 14.3 Å². The van der Waals surface area contributed by atoms with Crippen molar-refractivity contribution < 1.29 is 23.9 Å². The maximum absolute atomic E-state index is 12.3. The van der Waals surface area contributed by atoms with Crippen molar-refractivity contribution in [2.45, 2.75) is 18.9 Å². The SMILES string of the molecule is CNC(=O)[C@@H]1CCCN1C(=O)CNC(=O)c1ccc(C(=O)OC)cc1. The molecule has 1 aliphatic rings. The van der Waals surface area contributed by atoms with E-state index in [0.29, 0.717) is 24.1 Å². The van der Waals surface area contributed by atoms with Crippen LogP contribution in [0.4, 0.5) is 0 Å². The van der Waals surface area contributed by atoms with E-state index >= 15 is 0 Å². The summed E-state index contributed by atoms with van der Waals surface area (Å²) in [6.07, 6.45) is 1.38. The van der Waals surface area contributed by atoms with Crippen LogP contribution in [0.1, 0.15) is 33.6 Å². The molecular weight excluding hydrogens is 326 g/mol. The number of rotatable bonds is 5. The third kappa shape index (κ3) is 4.34. The molecule has 1 aromatic carbocycles. The molecule has 8 heteroatoms. The predicted molar refractivity (Wildman–Crippen MR) is 88.9 cm³/mol. The second kappa shape index (κ2) is 8.27. The number of carbonyl (C=O) groups is 4. The van der Waals surface area contributed by atoms with Crippen molar-refractivity contribution in [3.63, 3.8) is 0 Å². The number of hydrogen-bond donors (Lipinski definition) is 2. The van der Waals surface area contributed by atoms with Gasteiger partial charge in [0.2, 0.25) is 11.8 Å². The molecule has 2 rings (SSSR count). The fourth-order valence-corrected chi connectivity index (χ4v) is 2.74. The van der Waals surface area contributed by atoms with Crippen LogP contribution in [0.15, 0.2) is 24.3 Å². The Hall–Kier alpha value is -2.90. The van der Waals surface area contributed by atoms with E-state index in [-0.39, 0.29) is 18.4 Å². The van der Waals surface area contributed by atoms with Crippen LogP contribution in [0.25, 0.3) is 0 Å². The fourth-order valence-electron chi connectivity index (χ4n) is 2.74. The van der Waals surface area contributed by atoms with E-state index in [9.17, 15) is 19.2 Å². The van der Waals surface area contributed by atoms with Gasteiger partial charge in [-0.05, 0) is 37.1 Å². The third-order valence-corrected chi connectivity index (χ3v) is 4.09. The van der Waals surface area contributed by atoms with Crippen molar-refractivity contribution in [3.8, 4) is 0 Å². The second-order valence-electron chi connectivity index (χ2n) is 5.61. The first-order valence-electron chi connectivity index (χ1n) is 7.95. The van der Waals surface area contributed by atoms with Gasteiger partial charge in [-0.3, -0.25) is 14.4 Å². The van der Waals surface area contributed by atoms with Gasteiger partial charge in [-0.25, -0.2) is 4.79 Å². The molecule has 0 aliphatic carbocycles. The Bertz CT molecular complexity index is 671. The molecule has 2 N–H and O–H groups in total. The maximum Gasteiger partial charge on any atom is 0.337 e. The quantitative estimate of drug-likeness (QED) is 0.726. The minimum Gasteiger partial charge on any atom is -0.465 e. The summed E-state index contributed by atoms with van der Waals surface area (Å²) in [4.78, 5) is 49.0. The molecule has 1 fully saturated rings. The molecular formula is C17H21N3O5. The smallest absolute Gasteiger partial charge is 0.337 e. The molecule has 0 aromatic heterocycles. The summed E-state index contributed by atoms with van der Waals surface area (Å²) < 4.78 is 4.59. The number of amides is 3. The number of carbonyl (C=O) groups excluding carboxylic acids is 4. The number of likely N-dealkylation sites (tertiary alicyclic amines) is 1. The molecule has 1 saturated heterocycles. The number of nitrogens with zero attached hydrogens (tertiary/aromatic N) is 1. The van der Waals surface area contributed by atoms with Crippen molar-refractivity contribution in [1.29, 1.82) is 0 Å². The molecule has 0 saturated carbocycles. The van der Waals surface area contributed by atoms with E-state index in [1.807, 2.05) is 0 Å². The van der Waals surface area contributed by atoms with E-state index in [2.05, 4.69) is 15.4 Å². The number of esters is 1. The molecule has 0 bridgehead atoms. The monoisotopic (exact) mass is 347 g/mol. The molecule has 8 nitrogen and oxygen atoms in total. The van der Waals surface area contributed by atoms with Crippen molar-refractivity contribution >= 4 is 23.7 Å². The third-order valence-electron chi connectivity index (χ3n) is 4.09. The topological polar surface area (TPSA) is 105 Å². The van der Waals surface area contributed by atoms with E-state index in [0.717, 1.165) is 6.42 Å². The van der Waals surface area contributed by atoms with Crippen molar-refractivity contribution in [2.24, 2.45) is 0 Å². The molecule has 0 radical (unpaired) electrons. The van der Waals surface area contributed by atoms with E-state index in [4.69, 9.17) is 0 Å². The van der Waals surface area contributed by atoms with Gasteiger partial charge in [-0.15, -0.1) is 0 Å². The molecule has 1 aromatic rings. The van der Waals surface area contributed by atoms with Crippen molar-refractivity contribution in [1.82, 2.24) is 15.5 Å². The number of hydrogen-bond acceptors (Lipinski definition) is 5. The summed E-state index contributed by atoms with van der Waals surface area (Å²) in [6, 6.07) is 5.44. The molecule has 1 atom stereocenters. The Morgan fingerprint density at radius 3 is 2.40 bits per heavy atom. The summed E-state index contributed by atoms with van der Waals surface area (Å²) in [5, 5.41) is 5.08. The number of likely N-dealkylation sites (N-methyl/N-ethyl adjacent to an activating group) is 1. The van der Waals surface area contributed by atoms with Gasteiger partial charge in [0.25, 0.3) is 5.91 Å². The highest BCUT2D eigenvalue weighted by Gasteiger charge is 2.33. The summed E-state index contributed by atoms with van der Waals surface area (Å²) in [7, 11) is 2.81. The summed E-state index contributed by atoms with van der Waals surface area (Å²) in [5.41, 5.74) is 0.658. The van der Waals surface area contributed by atoms with Crippen LogP contribution >= 0.6 is 0 Å². The zero-order valence-electron chi connectivity index (χ0n) is 14.2. The van der Waals surface area contributed by atoms with Gasteiger partial charge in [0.05, 0.1) is 19.2 Å². The number of nitrogens with one attached hydrogen (secondary N) is 2. The lowest BCUT2D eigenvalue weighted by Gasteiger charge is -2.23.